The Bertz CT molecular complexity index is 608. The van der Waals surface area contributed by atoms with Gasteiger partial charge in [-0.25, -0.2) is 4.98 Å². The van der Waals surface area contributed by atoms with E-state index in [2.05, 4.69) is 16.0 Å². The van der Waals surface area contributed by atoms with E-state index in [9.17, 15) is 5.11 Å². The SMILES string of the molecule is COCc1ccc([C@@H]2CCCN2Cc2ncc([C@@H](C)O)s2)o1. The van der Waals surface area contributed by atoms with Gasteiger partial charge in [0.1, 0.15) is 23.1 Å². The third-order valence-electron chi connectivity index (χ3n) is 3.98. The number of aromatic nitrogens is 1. The molecule has 0 radical (unpaired) electrons. The quantitative estimate of drug-likeness (QED) is 0.884. The fourth-order valence-corrected chi connectivity index (χ4v) is 3.78. The van der Waals surface area contributed by atoms with Gasteiger partial charge in [0.05, 0.1) is 23.6 Å². The molecule has 120 valence electrons. The number of ether oxygens (including phenoxy) is 1. The fraction of sp³-hybridized carbons (Fsp3) is 0.562. The van der Waals surface area contributed by atoms with Crippen LogP contribution in [0.5, 0.6) is 0 Å². The molecule has 2 aromatic rings. The standard InChI is InChI=1S/C16H22N2O3S/c1-11(19)15-8-17-16(22-15)9-18-7-3-4-13(18)14-6-5-12(21-14)10-20-2/h5-6,8,11,13,19H,3-4,7,9-10H2,1-2H3/t11-,13+/m1/s1. The molecule has 0 amide bonds. The molecule has 0 aromatic carbocycles. The third-order valence-corrected chi connectivity index (χ3v) is 5.14. The molecule has 3 rings (SSSR count). The van der Waals surface area contributed by atoms with Crippen molar-refractivity contribution in [2.24, 2.45) is 0 Å². The van der Waals surface area contributed by atoms with Crippen LogP contribution in [0.1, 0.15) is 53.3 Å². The summed E-state index contributed by atoms with van der Waals surface area (Å²) in [6.07, 6.45) is 3.61. The van der Waals surface area contributed by atoms with Crippen molar-refractivity contribution in [1.29, 1.82) is 0 Å². The first-order valence-corrected chi connectivity index (χ1v) is 8.43. The largest absolute Gasteiger partial charge is 0.462 e. The van der Waals surface area contributed by atoms with E-state index in [4.69, 9.17) is 9.15 Å². The maximum absolute atomic E-state index is 9.61. The summed E-state index contributed by atoms with van der Waals surface area (Å²) in [5, 5.41) is 10.7. The molecule has 2 aromatic heterocycles. The summed E-state index contributed by atoms with van der Waals surface area (Å²) >= 11 is 1.58. The molecule has 0 saturated carbocycles. The van der Waals surface area contributed by atoms with Crippen LogP contribution in [0.2, 0.25) is 0 Å². The summed E-state index contributed by atoms with van der Waals surface area (Å²) in [5.41, 5.74) is 0. The molecular weight excluding hydrogens is 300 g/mol. The van der Waals surface area contributed by atoms with Crippen molar-refractivity contribution in [2.45, 2.75) is 45.1 Å². The zero-order valence-electron chi connectivity index (χ0n) is 13.0. The zero-order chi connectivity index (χ0) is 15.5. The minimum Gasteiger partial charge on any atom is -0.462 e. The Labute approximate surface area is 134 Å². The molecule has 0 unspecified atom stereocenters. The van der Waals surface area contributed by atoms with Gasteiger partial charge in [0.25, 0.3) is 0 Å². The highest BCUT2D eigenvalue weighted by Gasteiger charge is 2.29. The monoisotopic (exact) mass is 322 g/mol. The van der Waals surface area contributed by atoms with Crippen LogP contribution < -0.4 is 0 Å². The first kappa shape index (κ1) is 15.7. The maximum atomic E-state index is 9.61. The molecule has 3 heterocycles. The Morgan fingerprint density at radius 1 is 1.55 bits per heavy atom. The number of aliphatic hydroxyl groups is 1. The van der Waals surface area contributed by atoms with Crippen LogP contribution >= 0.6 is 11.3 Å². The van der Waals surface area contributed by atoms with E-state index in [0.717, 1.165) is 40.9 Å². The number of nitrogens with zero attached hydrogens (tertiary/aromatic N) is 2. The molecule has 1 aliphatic rings. The third kappa shape index (κ3) is 3.41. The zero-order valence-corrected chi connectivity index (χ0v) is 13.8. The lowest BCUT2D eigenvalue weighted by atomic mass is 10.2. The van der Waals surface area contributed by atoms with Gasteiger partial charge < -0.3 is 14.3 Å². The molecule has 1 aliphatic heterocycles. The molecule has 1 N–H and O–H groups in total. The van der Waals surface area contributed by atoms with E-state index >= 15 is 0 Å². The molecule has 2 atom stereocenters. The number of thiazole rings is 1. The van der Waals surface area contributed by atoms with E-state index in [1.807, 2.05) is 6.07 Å². The highest BCUT2D eigenvalue weighted by Crippen LogP contribution is 2.35. The Morgan fingerprint density at radius 2 is 2.41 bits per heavy atom. The Hall–Kier alpha value is -1.21. The predicted octanol–water partition coefficient (Wildman–Crippen LogP) is 3.27. The average Bonchev–Trinajstić information content (AvgIpc) is 3.19. The Kier molecular flexibility index (Phi) is 4.93. The van der Waals surface area contributed by atoms with Gasteiger partial charge in [0.15, 0.2) is 0 Å². The first-order chi connectivity index (χ1) is 10.7. The normalized spacial score (nSPS) is 20.6. The van der Waals surface area contributed by atoms with Gasteiger partial charge >= 0.3 is 0 Å². The number of hydrogen-bond acceptors (Lipinski definition) is 6. The van der Waals surface area contributed by atoms with Gasteiger partial charge in [-0.3, -0.25) is 4.90 Å². The summed E-state index contributed by atoms with van der Waals surface area (Å²) in [4.78, 5) is 7.76. The van der Waals surface area contributed by atoms with Gasteiger partial charge in [-0.1, -0.05) is 0 Å². The van der Waals surface area contributed by atoms with Gasteiger partial charge in [0.2, 0.25) is 0 Å². The lowest BCUT2D eigenvalue weighted by molar-refractivity contribution is 0.155. The summed E-state index contributed by atoms with van der Waals surface area (Å²) in [7, 11) is 1.67. The lowest BCUT2D eigenvalue weighted by Gasteiger charge is -2.21. The molecule has 1 saturated heterocycles. The minimum absolute atomic E-state index is 0.310. The molecule has 22 heavy (non-hydrogen) atoms. The highest BCUT2D eigenvalue weighted by molar-refractivity contribution is 7.11. The predicted molar refractivity (Wildman–Crippen MR) is 84.6 cm³/mol. The van der Waals surface area contributed by atoms with Crippen molar-refractivity contribution in [3.05, 3.63) is 39.7 Å². The molecule has 0 spiro atoms. The van der Waals surface area contributed by atoms with Crippen molar-refractivity contribution in [3.8, 4) is 0 Å². The first-order valence-electron chi connectivity index (χ1n) is 7.61. The van der Waals surface area contributed by atoms with Crippen molar-refractivity contribution < 1.29 is 14.3 Å². The number of aliphatic hydroxyl groups excluding tert-OH is 1. The number of furan rings is 1. The van der Waals surface area contributed by atoms with Crippen molar-refractivity contribution in [3.63, 3.8) is 0 Å². The van der Waals surface area contributed by atoms with E-state index in [1.165, 1.54) is 6.42 Å². The average molecular weight is 322 g/mol. The van der Waals surface area contributed by atoms with Crippen LogP contribution in [0, 0.1) is 0 Å². The van der Waals surface area contributed by atoms with Crippen LogP contribution in [0.25, 0.3) is 0 Å². The van der Waals surface area contributed by atoms with E-state index in [0.29, 0.717) is 12.6 Å². The number of hydrogen-bond donors (Lipinski definition) is 1. The second-order valence-corrected chi connectivity index (χ2v) is 6.84. The van der Waals surface area contributed by atoms with Crippen LogP contribution in [-0.2, 0) is 17.9 Å². The van der Waals surface area contributed by atoms with Crippen LogP contribution in [-0.4, -0.2) is 28.6 Å². The maximum Gasteiger partial charge on any atom is 0.129 e. The Morgan fingerprint density at radius 3 is 3.14 bits per heavy atom. The van der Waals surface area contributed by atoms with Gasteiger partial charge in [-0.2, -0.15) is 0 Å². The molecule has 0 aliphatic carbocycles. The molecule has 1 fully saturated rings. The van der Waals surface area contributed by atoms with Crippen molar-refractivity contribution in [1.82, 2.24) is 9.88 Å². The topological polar surface area (TPSA) is 58.7 Å². The number of rotatable bonds is 6. The van der Waals surface area contributed by atoms with Crippen LogP contribution in [0.4, 0.5) is 0 Å². The van der Waals surface area contributed by atoms with Gasteiger partial charge in [-0.05, 0) is 38.4 Å². The molecule has 0 bridgehead atoms. The number of methoxy groups -OCH3 is 1. The smallest absolute Gasteiger partial charge is 0.129 e. The molecule has 6 heteroatoms. The molecular formula is C16H22N2O3S. The summed E-state index contributed by atoms with van der Waals surface area (Å²) < 4.78 is 11.0. The van der Waals surface area contributed by atoms with E-state index in [-0.39, 0.29) is 0 Å². The van der Waals surface area contributed by atoms with Crippen molar-refractivity contribution >= 4 is 11.3 Å². The number of likely N-dealkylation sites (tertiary alicyclic amines) is 1. The van der Waals surface area contributed by atoms with Gasteiger partial charge in [0, 0.05) is 13.3 Å². The molecule has 5 nitrogen and oxygen atoms in total. The van der Waals surface area contributed by atoms with Gasteiger partial charge in [-0.15, -0.1) is 11.3 Å². The van der Waals surface area contributed by atoms with E-state index < -0.39 is 6.10 Å². The Balaban J connectivity index is 1.69. The highest BCUT2D eigenvalue weighted by atomic mass is 32.1. The van der Waals surface area contributed by atoms with Crippen LogP contribution in [0.15, 0.2) is 22.7 Å². The second kappa shape index (κ2) is 6.91. The lowest BCUT2D eigenvalue weighted by Crippen LogP contribution is -2.22. The summed E-state index contributed by atoms with van der Waals surface area (Å²) in [6.45, 7) is 4.14. The van der Waals surface area contributed by atoms with E-state index in [1.54, 1.807) is 31.6 Å². The fourth-order valence-electron chi connectivity index (χ4n) is 2.90. The van der Waals surface area contributed by atoms with Crippen LogP contribution in [0.3, 0.4) is 0 Å². The minimum atomic E-state index is -0.442. The summed E-state index contributed by atoms with van der Waals surface area (Å²) in [5.74, 6) is 1.88. The van der Waals surface area contributed by atoms with Crippen molar-refractivity contribution in [2.75, 3.05) is 13.7 Å². The summed E-state index contributed by atoms with van der Waals surface area (Å²) in [6, 6.07) is 4.36. The second-order valence-electron chi connectivity index (χ2n) is 5.70.